The molecule has 21 nitrogen and oxygen atoms in total. The summed E-state index contributed by atoms with van der Waals surface area (Å²) in [4.78, 5) is 113. The van der Waals surface area contributed by atoms with Gasteiger partial charge in [0.05, 0.1) is 18.4 Å². The lowest BCUT2D eigenvalue weighted by Gasteiger charge is -2.27. The fourth-order valence-electron chi connectivity index (χ4n) is 4.06. The number of nitrogens with one attached hydrogen (secondary N) is 6. The van der Waals surface area contributed by atoms with Crippen molar-refractivity contribution in [3.63, 3.8) is 0 Å². The van der Waals surface area contributed by atoms with E-state index in [0.29, 0.717) is 0 Å². The highest BCUT2D eigenvalue weighted by Gasteiger charge is 2.34. The third-order valence-electron chi connectivity index (χ3n) is 6.92. The van der Waals surface area contributed by atoms with Gasteiger partial charge >= 0.3 is 11.9 Å². The smallest absolute Gasteiger partial charge is 0.305 e. The molecule has 0 fully saturated rings. The number of nitrogens with two attached hydrogens (primary N) is 4. The number of rotatable bonds is 25. The Bertz CT molecular complexity index is 1270. The molecule has 0 heterocycles. The Hall–Kier alpha value is -4.19. The predicted octanol–water partition coefficient (Wildman–Crippen LogP) is -5.60. The Morgan fingerprint density at radius 3 is 1.18 bits per heavy atom. The summed E-state index contributed by atoms with van der Waals surface area (Å²) >= 11 is 7.93. The first-order valence-electron chi connectivity index (χ1n) is 15.7. The number of amides is 7. The predicted molar refractivity (Wildman–Crippen MR) is 188 cm³/mol. The van der Waals surface area contributed by atoms with Crippen LogP contribution in [0.15, 0.2) is 0 Å². The van der Waals surface area contributed by atoms with E-state index in [-0.39, 0.29) is 50.3 Å². The first-order valence-corrected chi connectivity index (χ1v) is 16.9. The molecule has 6 unspecified atom stereocenters. The van der Waals surface area contributed by atoms with Gasteiger partial charge in [-0.3, -0.25) is 43.2 Å². The SMILES string of the molecule is CC(C)(N)C(=O)NC(CS)C(=O)NC(CC(=O)O)C(=O)NC(CCCN)C(=O)NC(CCCN)C(=O)NC(CC(=O)O)C(=O)NC(CS)C(N)=O. The summed E-state index contributed by atoms with van der Waals surface area (Å²) < 4.78 is 0. The van der Waals surface area contributed by atoms with E-state index >= 15 is 0 Å². The van der Waals surface area contributed by atoms with Crippen LogP contribution in [0.1, 0.15) is 52.4 Å². The molecule has 51 heavy (non-hydrogen) atoms. The van der Waals surface area contributed by atoms with Gasteiger partial charge in [0.25, 0.3) is 0 Å². The molecule has 0 saturated heterocycles. The van der Waals surface area contributed by atoms with Gasteiger partial charge in [-0.05, 0) is 52.6 Å². The third kappa shape index (κ3) is 18.0. The first-order chi connectivity index (χ1) is 23.7. The normalized spacial score (nSPS) is 14.6. The standard InChI is InChI=1S/C28H50N10O11S2/c1-28(2,32)27(49)38-18(12-51)26(48)36-15(9-19(39)40)24(46)34-13(5-3-7-29)22(44)33-14(6-4-8-30)23(45)35-16(10-20(41)42)25(47)37-17(11-50)21(31)43/h13-18,50-51H,3-12,29-30,32H2,1-2H3,(H2,31,43)(H,33,44)(H,34,46)(H,35,45)(H,36,48)(H,37,47)(H,38,49)(H,39,40)(H,41,42). The first kappa shape index (κ1) is 46.8. The van der Waals surface area contributed by atoms with Crippen LogP contribution in [0, 0.1) is 0 Å². The zero-order valence-electron chi connectivity index (χ0n) is 28.3. The Kier molecular flexibility index (Phi) is 21.4. The quantitative estimate of drug-likeness (QED) is 0.0386. The summed E-state index contributed by atoms with van der Waals surface area (Å²) in [6.45, 7) is 2.87. The second kappa shape index (κ2) is 23.3. The summed E-state index contributed by atoms with van der Waals surface area (Å²) in [7, 11) is 0. The summed E-state index contributed by atoms with van der Waals surface area (Å²) in [5, 5.41) is 32.5. The number of aliphatic carboxylic acids is 2. The topological polar surface area (TPSA) is 370 Å². The van der Waals surface area contributed by atoms with Crippen molar-refractivity contribution < 1.29 is 53.4 Å². The molecule has 290 valence electrons. The number of carbonyl (C=O) groups is 9. The lowest BCUT2D eigenvalue weighted by Crippen LogP contribution is -2.61. The maximum absolute atomic E-state index is 13.5. The van der Waals surface area contributed by atoms with Crippen molar-refractivity contribution >= 4 is 78.5 Å². The molecule has 0 radical (unpaired) electrons. The van der Waals surface area contributed by atoms with E-state index in [1.54, 1.807) is 0 Å². The molecule has 0 aromatic heterocycles. The maximum Gasteiger partial charge on any atom is 0.305 e. The van der Waals surface area contributed by atoms with E-state index in [2.05, 4.69) is 57.2 Å². The van der Waals surface area contributed by atoms with Crippen LogP contribution < -0.4 is 54.8 Å². The van der Waals surface area contributed by atoms with Crippen LogP contribution >= 0.6 is 25.3 Å². The number of carboxylic acid groups (broad SMARTS) is 2. The molecule has 0 rings (SSSR count). The van der Waals surface area contributed by atoms with Crippen molar-refractivity contribution in [2.45, 2.75) is 94.2 Å². The van der Waals surface area contributed by atoms with E-state index in [1.807, 2.05) is 0 Å². The second-order valence-electron chi connectivity index (χ2n) is 11.9. The lowest BCUT2D eigenvalue weighted by atomic mass is 10.0. The number of primary amides is 1. The largest absolute Gasteiger partial charge is 0.481 e. The molecule has 23 heteroatoms. The van der Waals surface area contributed by atoms with Gasteiger partial charge < -0.3 is 65.0 Å². The van der Waals surface area contributed by atoms with Crippen LogP contribution in [0.4, 0.5) is 0 Å². The molecule has 0 aliphatic carbocycles. The number of carboxylic acids is 2. The molecule has 0 aromatic rings. The minimum absolute atomic E-state index is 0.0530. The van der Waals surface area contributed by atoms with Gasteiger partial charge in [0.1, 0.15) is 36.3 Å². The van der Waals surface area contributed by atoms with Crippen LogP contribution in [0.3, 0.4) is 0 Å². The Morgan fingerprint density at radius 1 is 0.569 bits per heavy atom. The van der Waals surface area contributed by atoms with Crippen molar-refractivity contribution in [1.82, 2.24) is 31.9 Å². The van der Waals surface area contributed by atoms with E-state index in [1.165, 1.54) is 13.8 Å². The van der Waals surface area contributed by atoms with Gasteiger partial charge in [-0.2, -0.15) is 25.3 Å². The van der Waals surface area contributed by atoms with E-state index in [4.69, 9.17) is 22.9 Å². The minimum atomic E-state index is -1.75. The van der Waals surface area contributed by atoms with Crippen LogP contribution in [0.5, 0.6) is 0 Å². The minimum Gasteiger partial charge on any atom is -0.481 e. The van der Waals surface area contributed by atoms with Crippen LogP contribution in [-0.4, -0.2) is 130 Å². The number of hydrogen-bond donors (Lipinski definition) is 14. The van der Waals surface area contributed by atoms with Crippen molar-refractivity contribution in [2.75, 3.05) is 24.6 Å². The molecule has 0 aliphatic heterocycles. The maximum atomic E-state index is 13.5. The van der Waals surface area contributed by atoms with Gasteiger partial charge in [-0.15, -0.1) is 0 Å². The molecular weight excluding hydrogens is 717 g/mol. The average Bonchev–Trinajstić information content (AvgIpc) is 3.03. The van der Waals surface area contributed by atoms with Crippen molar-refractivity contribution in [2.24, 2.45) is 22.9 Å². The third-order valence-corrected chi connectivity index (χ3v) is 7.65. The molecule has 6 atom stereocenters. The number of carbonyl (C=O) groups excluding carboxylic acids is 7. The molecular formula is C28H50N10O11S2. The molecule has 0 bridgehead atoms. The van der Waals surface area contributed by atoms with Gasteiger partial charge in [0.2, 0.25) is 41.4 Å². The molecule has 0 saturated carbocycles. The van der Waals surface area contributed by atoms with Crippen LogP contribution in [0.2, 0.25) is 0 Å². The van der Waals surface area contributed by atoms with E-state index < -0.39 is 108 Å². The average molecular weight is 767 g/mol. The van der Waals surface area contributed by atoms with E-state index in [9.17, 15) is 53.4 Å². The van der Waals surface area contributed by atoms with Gasteiger partial charge in [-0.1, -0.05) is 0 Å². The van der Waals surface area contributed by atoms with Crippen molar-refractivity contribution in [3.05, 3.63) is 0 Å². The van der Waals surface area contributed by atoms with Crippen molar-refractivity contribution in [1.29, 1.82) is 0 Å². The number of hydrogen-bond acceptors (Lipinski definition) is 14. The van der Waals surface area contributed by atoms with Crippen LogP contribution in [0.25, 0.3) is 0 Å². The monoisotopic (exact) mass is 766 g/mol. The summed E-state index contributed by atoms with van der Waals surface area (Å²) in [5.74, 6) is -10.3. The number of thiol groups is 2. The second-order valence-corrected chi connectivity index (χ2v) is 12.6. The molecule has 0 spiro atoms. The van der Waals surface area contributed by atoms with Gasteiger partial charge in [0, 0.05) is 11.5 Å². The Morgan fingerprint density at radius 2 is 0.882 bits per heavy atom. The van der Waals surface area contributed by atoms with Gasteiger partial charge in [0.15, 0.2) is 0 Å². The molecule has 0 aromatic carbocycles. The summed E-state index contributed by atoms with van der Waals surface area (Å²) in [6.07, 6.45) is -1.76. The summed E-state index contributed by atoms with van der Waals surface area (Å²) in [6, 6.07) is -8.95. The highest BCUT2D eigenvalue weighted by Crippen LogP contribution is 2.06. The van der Waals surface area contributed by atoms with Crippen LogP contribution in [-0.2, 0) is 43.2 Å². The Labute approximate surface area is 305 Å². The highest BCUT2D eigenvalue weighted by atomic mass is 32.1. The Balaban J connectivity index is 6.17. The summed E-state index contributed by atoms with van der Waals surface area (Å²) in [5.41, 5.74) is 20.7. The lowest BCUT2D eigenvalue weighted by molar-refractivity contribution is -0.142. The fraction of sp³-hybridized carbons (Fsp3) is 0.679. The highest BCUT2D eigenvalue weighted by molar-refractivity contribution is 7.80. The molecule has 16 N–H and O–H groups in total. The van der Waals surface area contributed by atoms with Gasteiger partial charge in [-0.25, -0.2) is 0 Å². The molecule has 0 aliphatic rings. The zero-order chi connectivity index (χ0) is 39.5. The zero-order valence-corrected chi connectivity index (χ0v) is 30.1. The van der Waals surface area contributed by atoms with Crippen molar-refractivity contribution in [3.8, 4) is 0 Å². The fourth-order valence-corrected chi connectivity index (χ4v) is 4.58. The van der Waals surface area contributed by atoms with E-state index in [0.717, 1.165) is 0 Å². The molecule has 7 amide bonds.